The van der Waals surface area contributed by atoms with E-state index in [-0.39, 0.29) is 15.7 Å². The van der Waals surface area contributed by atoms with Crippen LogP contribution < -0.4 is 5.73 Å². The van der Waals surface area contributed by atoms with E-state index in [0.717, 1.165) is 6.07 Å². The highest BCUT2D eigenvalue weighted by atomic mass is 79.9. The van der Waals surface area contributed by atoms with Gasteiger partial charge in [-0.3, -0.25) is 0 Å². The van der Waals surface area contributed by atoms with Gasteiger partial charge in [-0.1, -0.05) is 0 Å². The smallest absolute Gasteiger partial charge is 0.336 e. The van der Waals surface area contributed by atoms with Crippen LogP contribution in [-0.2, 0) is 0 Å². The molecule has 1 aromatic carbocycles. The number of rotatable bonds is 1. The molecule has 0 heterocycles. The van der Waals surface area contributed by atoms with Crippen LogP contribution in [0.2, 0.25) is 0 Å². The standard InChI is InChI=1S/C7H5BrFNO2/c8-4-2-6(10)5(9)1-3(4)7(11)12/h1-2H,10H2,(H,11,12). The summed E-state index contributed by atoms with van der Waals surface area (Å²) in [7, 11) is 0. The summed E-state index contributed by atoms with van der Waals surface area (Å²) < 4.78 is 13.0. The van der Waals surface area contributed by atoms with Gasteiger partial charge in [0, 0.05) is 4.47 Å². The van der Waals surface area contributed by atoms with Crippen molar-refractivity contribution in [2.24, 2.45) is 0 Å². The van der Waals surface area contributed by atoms with E-state index < -0.39 is 11.8 Å². The van der Waals surface area contributed by atoms with Gasteiger partial charge in [-0.15, -0.1) is 0 Å². The van der Waals surface area contributed by atoms with Gasteiger partial charge in [0.1, 0.15) is 5.82 Å². The summed E-state index contributed by atoms with van der Waals surface area (Å²) in [5, 5.41) is 8.54. The third-order valence-electron chi connectivity index (χ3n) is 1.32. The second-order valence-electron chi connectivity index (χ2n) is 2.16. The molecule has 0 spiro atoms. The zero-order valence-corrected chi connectivity index (χ0v) is 7.43. The number of carboxylic acids is 1. The number of nitrogen functional groups attached to an aromatic ring is 1. The molecular formula is C7H5BrFNO2. The maximum Gasteiger partial charge on any atom is 0.336 e. The minimum Gasteiger partial charge on any atom is -0.478 e. The Hall–Kier alpha value is -1.10. The monoisotopic (exact) mass is 233 g/mol. The van der Waals surface area contributed by atoms with Crippen LogP contribution in [0.4, 0.5) is 10.1 Å². The van der Waals surface area contributed by atoms with Crippen LogP contribution >= 0.6 is 15.9 Å². The molecule has 1 rings (SSSR count). The molecule has 0 atom stereocenters. The van der Waals surface area contributed by atoms with Crippen LogP contribution in [0, 0.1) is 5.82 Å². The Balaban J connectivity index is 3.33. The third kappa shape index (κ3) is 1.55. The minimum absolute atomic E-state index is 0.0770. The molecule has 3 nitrogen and oxygen atoms in total. The lowest BCUT2D eigenvalue weighted by Gasteiger charge is -2.01. The first-order valence-electron chi connectivity index (χ1n) is 3.00. The Labute approximate surface area is 76.1 Å². The highest BCUT2D eigenvalue weighted by Gasteiger charge is 2.11. The number of carbonyl (C=O) groups is 1. The molecule has 0 bridgehead atoms. The summed E-state index contributed by atoms with van der Waals surface area (Å²) in [5.41, 5.74) is 4.98. The van der Waals surface area contributed by atoms with E-state index in [1.165, 1.54) is 6.07 Å². The third-order valence-corrected chi connectivity index (χ3v) is 1.97. The second kappa shape index (κ2) is 3.10. The van der Waals surface area contributed by atoms with Crippen molar-refractivity contribution in [1.29, 1.82) is 0 Å². The van der Waals surface area contributed by atoms with Gasteiger partial charge >= 0.3 is 5.97 Å². The Bertz CT molecular complexity index is 340. The second-order valence-corrected chi connectivity index (χ2v) is 3.01. The van der Waals surface area contributed by atoms with E-state index in [0.29, 0.717) is 0 Å². The van der Waals surface area contributed by atoms with Crippen molar-refractivity contribution in [3.8, 4) is 0 Å². The van der Waals surface area contributed by atoms with E-state index in [9.17, 15) is 9.18 Å². The number of hydrogen-bond acceptors (Lipinski definition) is 2. The van der Waals surface area contributed by atoms with Gasteiger partial charge in [0.05, 0.1) is 11.3 Å². The number of nitrogens with two attached hydrogens (primary N) is 1. The number of aromatic carboxylic acids is 1. The summed E-state index contributed by atoms with van der Waals surface area (Å²) in [4.78, 5) is 10.4. The molecule has 0 amide bonds. The van der Waals surface area contributed by atoms with Crippen molar-refractivity contribution < 1.29 is 14.3 Å². The molecule has 0 aliphatic rings. The average Bonchev–Trinajstić information content (AvgIpc) is 1.96. The highest BCUT2D eigenvalue weighted by molar-refractivity contribution is 9.10. The molecule has 0 aliphatic carbocycles. The van der Waals surface area contributed by atoms with Crippen LogP contribution in [0.3, 0.4) is 0 Å². The molecule has 0 saturated heterocycles. The SMILES string of the molecule is Nc1cc(Br)c(C(=O)O)cc1F. The van der Waals surface area contributed by atoms with E-state index >= 15 is 0 Å². The molecule has 0 unspecified atom stereocenters. The lowest BCUT2D eigenvalue weighted by atomic mass is 10.2. The van der Waals surface area contributed by atoms with Crippen LogP contribution in [0.5, 0.6) is 0 Å². The molecule has 3 N–H and O–H groups in total. The lowest BCUT2D eigenvalue weighted by Crippen LogP contribution is -2.00. The molecule has 64 valence electrons. The Morgan fingerprint density at radius 1 is 1.58 bits per heavy atom. The first kappa shape index (κ1) is 8.99. The quantitative estimate of drug-likeness (QED) is 0.729. The van der Waals surface area contributed by atoms with Gasteiger partial charge < -0.3 is 10.8 Å². The topological polar surface area (TPSA) is 63.3 Å². The van der Waals surface area contributed by atoms with Crippen molar-refractivity contribution >= 4 is 27.6 Å². The number of halogens is 2. The van der Waals surface area contributed by atoms with Gasteiger partial charge in [-0.2, -0.15) is 0 Å². The van der Waals surface area contributed by atoms with E-state index in [1.54, 1.807) is 0 Å². The molecule has 0 aliphatic heterocycles. The van der Waals surface area contributed by atoms with E-state index in [2.05, 4.69) is 15.9 Å². The zero-order chi connectivity index (χ0) is 9.30. The fourth-order valence-corrected chi connectivity index (χ4v) is 1.26. The minimum atomic E-state index is -1.19. The number of anilines is 1. The maximum absolute atomic E-state index is 12.7. The van der Waals surface area contributed by atoms with Gasteiger partial charge in [-0.05, 0) is 28.1 Å². The molecule has 12 heavy (non-hydrogen) atoms. The Kier molecular flexibility index (Phi) is 2.32. The summed E-state index contributed by atoms with van der Waals surface area (Å²) in [6.07, 6.45) is 0. The zero-order valence-electron chi connectivity index (χ0n) is 5.84. The molecule has 0 aromatic heterocycles. The predicted octanol–water partition coefficient (Wildman–Crippen LogP) is 1.87. The fraction of sp³-hybridized carbons (Fsp3) is 0. The molecule has 0 fully saturated rings. The van der Waals surface area contributed by atoms with Gasteiger partial charge in [0.15, 0.2) is 0 Å². The van der Waals surface area contributed by atoms with Gasteiger partial charge in [0.2, 0.25) is 0 Å². The normalized spacial score (nSPS) is 9.83. The number of benzene rings is 1. The molecule has 5 heteroatoms. The molecular weight excluding hydrogens is 229 g/mol. The lowest BCUT2D eigenvalue weighted by molar-refractivity contribution is 0.0695. The summed E-state index contributed by atoms with van der Waals surface area (Å²) in [6.45, 7) is 0. The summed E-state index contributed by atoms with van der Waals surface area (Å²) in [5.74, 6) is -1.92. The number of hydrogen-bond donors (Lipinski definition) is 2. The average molecular weight is 234 g/mol. The van der Waals surface area contributed by atoms with E-state index in [4.69, 9.17) is 10.8 Å². The largest absolute Gasteiger partial charge is 0.478 e. The molecule has 0 saturated carbocycles. The highest BCUT2D eigenvalue weighted by Crippen LogP contribution is 2.22. The van der Waals surface area contributed by atoms with Crippen molar-refractivity contribution in [2.45, 2.75) is 0 Å². The van der Waals surface area contributed by atoms with Crippen molar-refractivity contribution in [2.75, 3.05) is 5.73 Å². The van der Waals surface area contributed by atoms with Gasteiger partial charge in [0.25, 0.3) is 0 Å². The van der Waals surface area contributed by atoms with Crippen molar-refractivity contribution in [3.63, 3.8) is 0 Å². The van der Waals surface area contributed by atoms with E-state index in [1.807, 2.05) is 0 Å². The van der Waals surface area contributed by atoms with Crippen LogP contribution in [-0.4, -0.2) is 11.1 Å². The Morgan fingerprint density at radius 2 is 2.17 bits per heavy atom. The first-order chi connectivity index (χ1) is 5.52. The van der Waals surface area contributed by atoms with Gasteiger partial charge in [-0.25, -0.2) is 9.18 Å². The first-order valence-corrected chi connectivity index (χ1v) is 3.79. The summed E-state index contributed by atoms with van der Waals surface area (Å²) in [6, 6.07) is 2.10. The molecule has 0 radical (unpaired) electrons. The Morgan fingerprint density at radius 3 is 2.67 bits per heavy atom. The van der Waals surface area contributed by atoms with Crippen LogP contribution in [0.25, 0.3) is 0 Å². The van der Waals surface area contributed by atoms with Crippen molar-refractivity contribution in [3.05, 3.63) is 28.0 Å². The number of carboxylic acid groups (broad SMARTS) is 1. The molecule has 1 aromatic rings. The summed E-state index contributed by atoms with van der Waals surface area (Å²) >= 11 is 2.95. The predicted molar refractivity (Wildman–Crippen MR) is 45.5 cm³/mol. The van der Waals surface area contributed by atoms with Crippen LogP contribution in [0.15, 0.2) is 16.6 Å². The fourth-order valence-electron chi connectivity index (χ4n) is 0.726. The van der Waals surface area contributed by atoms with Crippen LogP contribution in [0.1, 0.15) is 10.4 Å². The van der Waals surface area contributed by atoms with Crippen molar-refractivity contribution in [1.82, 2.24) is 0 Å². The maximum atomic E-state index is 12.7.